The van der Waals surface area contributed by atoms with E-state index in [1.54, 1.807) is 24.3 Å². The van der Waals surface area contributed by atoms with E-state index in [2.05, 4.69) is 4.98 Å². The van der Waals surface area contributed by atoms with Crippen LogP contribution in [0.5, 0.6) is 5.75 Å². The van der Waals surface area contributed by atoms with Crippen LogP contribution in [0.15, 0.2) is 58.2 Å². The molecule has 0 amide bonds. The van der Waals surface area contributed by atoms with Gasteiger partial charge in [0.25, 0.3) is 5.22 Å². The van der Waals surface area contributed by atoms with Crippen molar-refractivity contribution in [2.75, 3.05) is 12.4 Å². The predicted molar refractivity (Wildman–Crippen MR) is 86.7 cm³/mol. The number of fused-ring (bicyclic) bond motifs is 1. The molecule has 0 atom stereocenters. The number of para-hydroxylation sites is 2. The Morgan fingerprint density at radius 1 is 1.18 bits per heavy atom. The number of ketones is 1. The molecule has 1 aromatic heterocycles. The van der Waals surface area contributed by atoms with E-state index in [1.165, 1.54) is 11.8 Å². The number of carbonyl (C=O) groups excluding carboxylic acids is 1. The molecule has 0 aliphatic heterocycles. The molecule has 0 radical (unpaired) electrons. The molecule has 3 aromatic rings. The van der Waals surface area contributed by atoms with Gasteiger partial charge in [-0.15, -0.1) is 0 Å². The maximum absolute atomic E-state index is 12.2. The van der Waals surface area contributed by atoms with E-state index in [0.29, 0.717) is 23.1 Å². The number of ether oxygens (including phenoxy) is 1. The molecule has 0 aliphatic rings. The Balaban J connectivity index is 1.64. The summed E-state index contributed by atoms with van der Waals surface area (Å²) in [7, 11) is 0. The van der Waals surface area contributed by atoms with Gasteiger partial charge in [0.05, 0.1) is 12.4 Å². The van der Waals surface area contributed by atoms with Gasteiger partial charge in [-0.05, 0) is 43.3 Å². The molecule has 5 heteroatoms. The highest BCUT2D eigenvalue weighted by Crippen LogP contribution is 2.24. The van der Waals surface area contributed by atoms with Crippen LogP contribution in [0.25, 0.3) is 11.1 Å². The second kappa shape index (κ2) is 6.66. The van der Waals surface area contributed by atoms with Crippen molar-refractivity contribution in [2.45, 2.75) is 12.1 Å². The highest BCUT2D eigenvalue weighted by molar-refractivity contribution is 7.99. The zero-order valence-electron chi connectivity index (χ0n) is 12.1. The van der Waals surface area contributed by atoms with Crippen molar-refractivity contribution in [3.05, 3.63) is 54.1 Å². The first-order chi connectivity index (χ1) is 10.8. The summed E-state index contributed by atoms with van der Waals surface area (Å²) in [6.45, 7) is 2.54. The van der Waals surface area contributed by atoms with Crippen molar-refractivity contribution in [3.63, 3.8) is 0 Å². The number of nitrogens with zero attached hydrogens (tertiary/aromatic N) is 1. The zero-order chi connectivity index (χ0) is 15.4. The number of aromatic nitrogens is 1. The van der Waals surface area contributed by atoms with Crippen molar-refractivity contribution in [3.8, 4) is 5.75 Å². The average molecular weight is 313 g/mol. The highest BCUT2D eigenvalue weighted by Gasteiger charge is 2.11. The van der Waals surface area contributed by atoms with Crippen molar-refractivity contribution in [2.24, 2.45) is 0 Å². The Hall–Kier alpha value is -2.27. The van der Waals surface area contributed by atoms with Crippen LogP contribution >= 0.6 is 11.8 Å². The number of rotatable bonds is 6. The average Bonchev–Trinajstić information content (AvgIpc) is 2.96. The third kappa shape index (κ3) is 3.31. The van der Waals surface area contributed by atoms with Crippen LogP contribution < -0.4 is 4.74 Å². The van der Waals surface area contributed by atoms with Gasteiger partial charge in [-0.1, -0.05) is 23.9 Å². The molecule has 0 N–H and O–H groups in total. The molecule has 0 unspecified atom stereocenters. The first-order valence-corrected chi connectivity index (χ1v) is 7.99. The first-order valence-electron chi connectivity index (χ1n) is 7.00. The SMILES string of the molecule is CCOc1ccc(C(=O)CSc2nc3ccccc3o2)cc1. The number of carbonyl (C=O) groups is 1. The number of thioether (sulfide) groups is 1. The number of oxazole rings is 1. The fourth-order valence-corrected chi connectivity index (χ4v) is 2.76. The Labute approximate surface area is 132 Å². The maximum Gasteiger partial charge on any atom is 0.257 e. The fourth-order valence-electron chi connectivity index (χ4n) is 2.03. The summed E-state index contributed by atoms with van der Waals surface area (Å²) in [5, 5.41) is 0.514. The van der Waals surface area contributed by atoms with Gasteiger partial charge in [-0.2, -0.15) is 0 Å². The molecule has 0 saturated carbocycles. The normalized spacial score (nSPS) is 10.8. The van der Waals surface area contributed by atoms with Gasteiger partial charge >= 0.3 is 0 Å². The minimum atomic E-state index is 0.0373. The van der Waals surface area contributed by atoms with Gasteiger partial charge in [0.2, 0.25) is 0 Å². The lowest BCUT2D eigenvalue weighted by Crippen LogP contribution is -2.02. The summed E-state index contributed by atoms with van der Waals surface area (Å²) in [6, 6.07) is 14.7. The van der Waals surface area contributed by atoms with E-state index in [4.69, 9.17) is 9.15 Å². The predicted octanol–water partition coefficient (Wildman–Crippen LogP) is 4.20. The molecule has 0 spiro atoms. The van der Waals surface area contributed by atoms with Gasteiger partial charge < -0.3 is 9.15 Å². The first kappa shape index (κ1) is 14.7. The van der Waals surface area contributed by atoms with Crippen molar-refractivity contribution in [1.82, 2.24) is 4.98 Å². The molecule has 0 saturated heterocycles. The molecule has 0 bridgehead atoms. The van der Waals surface area contributed by atoms with E-state index >= 15 is 0 Å². The lowest BCUT2D eigenvalue weighted by atomic mass is 10.1. The number of hydrogen-bond donors (Lipinski definition) is 0. The standard InChI is InChI=1S/C17H15NO3S/c1-2-20-13-9-7-12(8-10-13)15(19)11-22-17-18-14-5-3-4-6-16(14)21-17/h3-10H,2,11H2,1H3. The van der Waals surface area contributed by atoms with Crippen LogP contribution in [0.3, 0.4) is 0 Å². The number of Topliss-reactive ketones (excluding diaryl/α,β-unsaturated/α-hetero) is 1. The summed E-state index contributed by atoms with van der Waals surface area (Å²) in [5.41, 5.74) is 2.20. The maximum atomic E-state index is 12.2. The fraction of sp³-hybridized carbons (Fsp3) is 0.176. The van der Waals surface area contributed by atoms with Gasteiger partial charge in [0.15, 0.2) is 11.4 Å². The smallest absolute Gasteiger partial charge is 0.257 e. The van der Waals surface area contributed by atoms with E-state index < -0.39 is 0 Å². The van der Waals surface area contributed by atoms with E-state index in [9.17, 15) is 4.79 Å². The summed E-state index contributed by atoms with van der Waals surface area (Å²) in [5.74, 6) is 1.10. The Bertz CT molecular complexity index is 747. The van der Waals surface area contributed by atoms with Crippen LogP contribution in [-0.4, -0.2) is 23.1 Å². The summed E-state index contributed by atoms with van der Waals surface area (Å²) >= 11 is 1.30. The molecule has 4 nitrogen and oxygen atoms in total. The molecular weight excluding hydrogens is 298 g/mol. The number of benzene rings is 2. The summed E-state index contributed by atoms with van der Waals surface area (Å²) in [4.78, 5) is 16.5. The van der Waals surface area contributed by atoms with Crippen molar-refractivity contribution < 1.29 is 13.9 Å². The van der Waals surface area contributed by atoms with E-state index in [0.717, 1.165) is 16.8 Å². The molecule has 22 heavy (non-hydrogen) atoms. The third-order valence-corrected chi connectivity index (χ3v) is 3.92. The van der Waals surface area contributed by atoms with Gasteiger partial charge in [0, 0.05) is 5.56 Å². The monoisotopic (exact) mass is 313 g/mol. The molecule has 2 aromatic carbocycles. The largest absolute Gasteiger partial charge is 0.494 e. The van der Waals surface area contributed by atoms with Crippen molar-refractivity contribution in [1.29, 1.82) is 0 Å². The van der Waals surface area contributed by atoms with Crippen LogP contribution in [0.4, 0.5) is 0 Å². The molecule has 3 rings (SSSR count). The molecule has 0 fully saturated rings. The van der Waals surface area contributed by atoms with Crippen LogP contribution in [0.1, 0.15) is 17.3 Å². The minimum absolute atomic E-state index is 0.0373. The molecular formula is C17H15NO3S. The van der Waals surface area contributed by atoms with Gasteiger partial charge in [-0.25, -0.2) is 4.98 Å². The number of hydrogen-bond acceptors (Lipinski definition) is 5. The van der Waals surface area contributed by atoms with Crippen LogP contribution in [0.2, 0.25) is 0 Å². The molecule has 0 aliphatic carbocycles. The van der Waals surface area contributed by atoms with Crippen LogP contribution in [-0.2, 0) is 0 Å². The lowest BCUT2D eigenvalue weighted by molar-refractivity contribution is 0.102. The Morgan fingerprint density at radius 3 is 2.68 bits per heavy atom. The highest BCUT2D eigenvalue weighted by atomic mass is 32.2. The molecule has 1 heterocycles. The second-order valence-electron chi connectivity index (χ2n) is 4.62. The third-order valence-electron chi connectivity index (χ3n) is 3.09. The second-order valence-corrected chi connectivity index (χ2v) is 5.54. The summed E-state index contributed by atoms with van der Waals surface area (Å²) < 4.78 is 10.9. The Morgan fingerprint density at radius 2 is 1.95 bits per heavy atom. The quantitative estimate of drug-likeness (QED) is 0.504. The van der Waals surface area contributed by atoms with Crippen LogP contribution in [0, 0.1) is 0 Å². The van der Waals surface area contributed by atoms with Gasteiger partial charge in [-0.3, -0.25) is 4.79 Å². The molecule has 112 valence electrons. The lowest BCUT2D eigenvalue weighted by Gasteiger charge is -2.03. The Kier molecular flexibility index (Phi) is 4.44. The topological polar surface area (TPSA) is 52.3 Å². The minimum Gasteiger partial charge on any atom is -0.494 e. The van der Waals surface area contributed by atoms with E-state index in [1.807, 2.05) is 31.2 Å². The van der Waals surface area contributed by atoms with Gasteiger partial charge in [0.1, 0.15) is 11.3 Å². The summed E-state index contributed by atoms with van der Waals surface area (Å²) in [6.07, 6.45) is 0. The van der Waals surface area contributed by atoms with E-state index in [-0.39, 0.29) is 5.78 Å². The van der Waals surface area contributed by atoms with Crippen molar-refractivity contribution >= 4 is 28.6 Å². The zero-order valence-corrected chi connectivity index (χ0v) is 12.9.